The second-order valence-electron chi connectivity index (χ2n) is 15.2. The molecule has 0 aromatic heterocycles. The van der Waals surface area contributed by atoms with Crippen LogP contribution in [0, 0.1) is 0 Å². The van der Waals surface area contributed by atoms with E-state index >= 15 is 0 Å². The highest BCUT2D eigenvalue weighted by atomic mass is 16.5. The van der Waals surface area contributed by atoms with Crippen LogP contribution in [-0.2, 0) is 23.9 Å². The molecule has 3 atom stereocenters. The van der Waals surface area contributed by atoms with E-state index in [4.69, 9.17) is 9.47 Å². The Bertz CT molecular complexity index is 879. The SMILES string of the molecule is CNCCCCC(NC)C(=O)NC(CCCCNC(=O)C(CCCCNC)NC(C)(C)C)C(=O)NCCC(C)(C)OCCC(C)(C)OC. The number of rotatable bonds is 29. The van der Waals surface area contributed by atoms with Gasteiger partial charge in [-0.25, -0.2) is 0 Å². The fraction of sp³-hybridized carbons (Fsp3) is 0.917. The molecule has 48 heavy (non-hydrogen) atoms. The smallest absolute Gasteiger partial charge is 0.242 e. The van der Waals surface area contributed by atoms with Gasteiger partial charge in [-0.1, -0.05) is 12.8 Å². The Morgan fingerprint density at radius 2 is 1.08 bits per heavy atom. The van der Waals surface area contributed by atoms with Crippen molar-refractivity contribution in [2.24, 2.45) is 0 Å². The minimum absolute atomic E-state index is 0.00253. The summed E-state index contributed by atoms with van der Waals surface area (Å²) in [7, 11) is 7.33. The van der Waals surface area contributed by atoms with Crippen molar-refractivity contribution < 1.29 is 23.9 Å². The Morgan fingerprint density at radius 1 is 0.583 bits per heavy atom. The zero-order valence-electron chi connectivity index (χ0n) is 32.6. The lowest BCUT2D eigenvalue weighted by Gasteiger charge is -2.29. The van der Waals surface area contributed by atoms with Crippen molar-refractivity contribution in [3.05, 3.63) is 0 Å². The van der Waals surface area contributed by atoms with Crippen molar-refractivity contribution in [1.82, 2.24) is 37.2 Å². The predicted octanol–water partition coefficient (Wildman–Crippen LogP) is 3.00. The van der Waals surface area contributed by atoms with Gasteiger partial charge < -0.3 is 46.7 Å². The van der Waals surface area contributed by atoms with Crippen molar-refractivity contribution in [2.75, 3.05) is 61.0 Å². The molecule has 0 aliphatic carbocycles. The minimum Gasteiger partial charge on any atom is -0.379 e. The van der Waals surface area contributed by atoms with E-state index in [-0.39, 0.29) is 40.9 Å². The second-order valence-corrected chi connectivity index (χ2v) is 15.2. The Hall–Kier alpha value is -1.83. The van der Waals surface area contributed by atoms with Gasteiger partial charge in [0, 0.05) is 25.7 Å². The van der Waals surface area contributed by atoms with E-state index in [2.05, 4.69) is 58.0 Å². The Kier molecular flexibility index (Phi) is 24.2. The summed E-state index contributed by atoms with van der Waals surface area (Å²) in [6.07, 6.45) is 8.54. The summed E-state index contributed by atoms with van der Waals surface area (Å²) < 4.78 is 11.6. The molecular weight excluding hydrogens is 610 g/mol. The molecule has 0 saturated heterocycles. The Labute approximate surface area is 293 Å². The highest BCUT2D eigenvalue weighted by Gasteiger charge is 2.27. The molecule has 12 nitrogen and oxygen atoms in total. The molecule has 0 aromatic carbocycles. The second kappa shape index (κ2) is 25.2. The van der Waals surface area contributed by atoms with E-state index in [1.165, 1.54) is 0 Å². The normalized spacial score (nSPS) is 14.3. The van der Waals surface area contributed by atoms with Crippen molar-refractivity contribution >= 4 is 17.7 Å². The lowest BCUT2D eigenvalue weighted by molar-refractivity contribution is -0.130. The van der Waals surface area contributed by atoms with Crippen LogP contribution >= 0.6 is 0 Å². The molecule has 0 bridgehead atoms. The number of unbranched alkanes of at least 4 members (excludes halogenated alkanes) is 3. The standard InChI is InChI=1S/C36H75N7O5/c1-34(2,3)43-30(20-13-16-24-38-9)32(45)40-25-17-14-19-29(42-33(46)28(39-10)18-12-15-23-37-8)31(44)41-26-21-36(6,7)48-27-22-35(4,5)47-11/h28-30,37-39,43H,12-27H2,1-11H3,(H,40,45)(H,41,44)(H,42,46). The van der Waals surface area contributed by atoms with Crippen molar-refractivity contribution in [2.45, 2.75) is 154 Å². The summed E-state index contributed by atoms with van der Waals surface area (Å²) in [5.41, 5.74) is -0.858. The quantitative estimate of drug-likeness (QED) is 0.0589. The van der Waals surface area contributed by atoms with E-state index in [0.717, 1.165) is 51.6 Å². The van der Waals surface area contributed by atoms with Gasteiger partial charge in [-0.05, 0) is 140 Å². The highest BCUT2D eigenvalue weighted by Crippen LogP contribution is 2.18. The predicted molar refractivity (Wildman–Crippen MR) is 197 cm³/mol. The number of carbonyl (C=O) groups is 3. The maximum Gasteiger partial charge on any atom is 0.242 e. The topological polar surface area (TPSA) is 154 Å². The van der Waals surface area contributed by atoms with Gasteiger partial charge in [0.1, 0.15) is 6.04 Å². The monoisotopic (exact) mass is 686 g/mol. The van der Waals surface area contributed by atoms with Gasteiger partial charge in [0.15, 0.2) is 0 Å². The lowest BCUT2D eigenvalue weighted by Crippen LogP contribution is -2.52. The molecule has 7 N–H and O–H groups in total. The van der Waals surface area contributed by atoms with E-state index in [0.29, 0.717) is 51.8 Å². The van der Waals surface area contributed by atoms with Gasteiger partial charge in [-0.15, -0.1) is 0 Å². The molecule has 3 unspecified atom stereocenters. The summed E-state index contributed by atoms with van der Waals surface area (Å²) in [4.78, 5) is 39.7. The molecule has 12 heteroatoms. The van der Waals surface area contributed by atoms with E-state index in [9.17, 15) is 14.4 Å². The number of carbonyl (C=O) groups excluding carboxylic acids is 3. The number of amides is 3. The largest absolute Gasteiger partial charge is 0.379 e. The van der Waals surface area contributed by atoms with Gasteiger partial charge in [0.25, 0.3) is 0 Å². The first kappa shape index (κ1) is 46.2. The van der Waals surface area contributed by atoms with Gasteiger partial charge >= 0.3 is 0 Å². The lowest BCUT2D eigenvalue weighted by atomic mass is 10.0. The maximum absolute atomic E-state index is 13.4. The fourth-order valence-electron chi connectivity index (χ4n) is 5.21. The van der Waals surface area contributed by atoms with E-state index in [1.807, 2.05) is 41.8 Å². The van der Waals surface area contributed by atoms with Crippen molar-refractivity contribution in [1.29, 1.82) is 0 Å². The van der Waals surface area contributed by atoms with Crippen LogP contribution in [0.4, 0.5) is 0 Å². The molecule has 0 spiro atoms. The molecule has 0 aromatic rings. The van der Waals surface area contributed by atoms with Gasteiger partial charge in [-0.2, -0.15) is 0 Å². The number of hydrogen-bond acceptors (Lipinski definition) is 9. The molecule has 0 aliphatic rings. The summed E-state index contributed by atoms with van der Waals surface area (Å²) in [6, 6.07) is -1.30. The summed E-state index contributed by atoms with van der Waals surface area (Å²) in [5, 5.41) is 22.0. The van der Waals surface area contributed by atoms with Crippen molar-refractivity contribution in [3.8, 4) is 0 Å². The summed E-state index contributed by atoms with van der Waals surface area (Å²) in [6.45, 7) is 17.6. The Balaban J connectivity index is 5.20. The first-order valence-electron chi connectivity index (χ1n) is 18.3. The van der Waals surface area contributed by atoms with E-state index < -0.39 is 11.6 Å². The number of methoxy groups -OCH3 is 1. The summed E-state index contributed by atoms with van der Waals surface area (Å²) >= 11 is 0. The minimum atomic E-state index is -0.671. The first-order valence-corrected chi connectivity index (χ1v) is 18.3. The molecule has 0 fully saturated rings. The average Bonchev–Trinajstić information content (AvgIpc) is 3.00. The first-order chi connectivity index (χ1) is 22.5. The Morgan fingerprint density at radius 3 is 1.60 bits per heavy atom. The maximum atomic E-state index is 13.4. The summed E-state index contributed by atoms with van der Waals surface area (Å²) in [5.74, 6) is -0.373. The fourth-order valence-corrected chi connectivity index (χ4v) is 5.21. The van der Waals surface area contributed by atoms with E-state index in [1.54, 1.807) is 14.2 Å². The molecule has 0 aliphatic heterocycles. The zero-order valence-corrected chi connectivity index (χ0v) is 32.6. The molecule has 0 saturated carbocycles. The molecule has 284 valence electrons. The van der Waals surface area contributed by atoms with Crippen LogP contribution in [0.3, 0.4) is 0 Å². The molecule has 0 heterocycles. The molecular formula is C36H75N7O5. The number of hydrogen-bond donors (Lipinski definition) is 7. The third-order valence-electron chi connectivity index (χ3n) is 8.56. The van der Waals surface area contributed by atoms with Crippen LogP contribution in [0.2, 0.25) is 0 Å². The van der Waals surface area contributed by atoms with Crippen LogP contribution < -0.4 is 37.2 Å². The number of likely N-dealkylation sites (N-methyl/N-ethyl adjacent to an activating group) is 1. The van der Waals surface area contributed by atoms with Crippen molar-refractivity contribution in [3.63, 3.8) is 0 Å². The van der Waals surface area contributed by atoms with Gasteiger partial charge in [-0.3, -0.25) is 14.4 Å². The molecule has 0 rings (SSSR count). The van der Waals surface area contributed by atoms with Crippen LogP contribution in [-0.4, -0.2) is 114 Å². The van der Waals surface area contributed by atoms with Gasteiger partial charge in [0.05, 0.1) is 29.9 Å². The zero-order chi connectivity index (χ0) is 36.6. The van der Waals surface area contributed by atoms with Crippen LogP contribution in [0.25, 0.3) is 0 Å². The van der Waals surface area contributed by atoms with Crippen LogP contribution in [0.1, 0.15) is 119 Å². The molecule has 3 amide bonds. The van der Waals surface area contributed by atoms with Gasteiger partial charge in [0.2, 0.25) is 17.7 Å². The third kappa shape index (κ3) is 23.5. The number of ether oxygens (including phenoxy) is 2. The highest BCUT2D eigenvalue weighted by molar-refractivity contribution is 5.89. The molecule has 0 radical (unpaired) electrons. The average molecular weight is 686 g/mol. The third-order valence-corrected chi connectivity index (χ3v) is 8.56. The number of nitrogens with one attached hydrogen (secondary N) is 7. The van der Waals surface area contributed by atoms with Crippen LogP contribution in [0.5, 0.6) is 0 Å². The van der Waals surface area contributed by atoms with Crippen LogP contribution in [0.15, 0.2) is 0 Å².